The van der Waals surface area contributed by atoms with Gasteiger partial charge in [0.2, 0.25) is 0 Å². The van der Waals surface area contributed by atoms with E-state index in [0.29, 0.717) is 0 Å². The molecule has 0 atom stereocenters. The third-order valence-electron chi connectivity index (χ3n) is 1.76. The number of nitrogens with zero attached hydrogens (tertiary/aromatic N) is 1. The van der Waals surface area contributed by atoms with E-state index >= 15 is 0 Å². The molecule has 0 fully saturated rings. The number of hydrogen-bond acceptors (Lipinski definition) is 3. The zero-order valence-corrected chi connectivity index (χ0v) is 8.59. The van der Waals surface area contributed by atoms with E-state index < -0.39 is 48.4 Å². The number of aliphatic carboxylic acids is 1. The summed E-state index contributed by atoms with van der Waals surface area (Å²) in [6.45, 7) is -1.45. The molecule has 100 valence electrons. The Hall–Kier alpha value is -1.93. The van der Waals surface area contributed by atoms with Crippen LogP contribution in [-0.2, 0) is 17.9 Å². The summed E-state index contributed by atoms with van der Waals surface area (Å²) in [5, 5.41) is 8.40. The Bertz CT molecular complexity index is 460. The lowest BCUT2D eigenvalue weighted by atomic mass is 10.2. The van der Waals surface area contributed by atoms with E-state index in [1.54, 1.807) is 0 Å². The Morgan fingerprint density at radius 2 is 2.00 bits per heavy atom. The van der Waals surface area contributed by atoms with Gasteiger partial charge in [-0.15, -0.1) is 13.2 Å². The van der Waals surface area contributed by atoms with E-state index in [0.717, 1.165) is 0 Å². The lowest BCUT2D eigenvalue weighted by Gasteiger charge is -2.12. The van der Waals surface area contributed by atoms with Gasteiger partial charge in [-0.3, -0.25) is 4.79 Å². The summed E-state index contributed by atoms with van der Waals surface area (Å²) in [4.78, 5) is 13.5. The first-order valence-electron chi connectivity index (χ1n) is 4.44. The van der Waals surface area contributed by atoms with Crippen molar-refractivity contribution in [1.82, 2.24) is 4.98 Å². The minimum atomic E-state index is -5.12. The average molecular weight is 271 g/mol. The zero-order valence-electron chi connectivity index (χ0n) is 8.59. The Labute approximate surface area is 97.0 Å². The molecule has 0 amide bonds. The lowest BCUT2D eigenvalue weighted by molar-refractivity contribution is -0.275. The van der Waals surface area contributed by atoms with Crippen LogP contribution in [0.1, 0.15) is 11.4 Å². The summed E-state index contributed by atoms with van der Waals surface area (Å²) >= 11 is 0. The first-order valence-corrected chi connectivity index (χ1v) is 4.44. The second-order valence-corrected chi connectivity index (χ2v) is 3.11. The van der Waals surface area contributed by atoms with E-state index in [-0.39, 0.29) is 6.07 Å². The Morgan fingerprint density at radius 3 is 2.44 bits per heavy atom. The van der Waals surface area contributed by atoms with E-state index in [4.69, 9.17) is 5.11 Å². The molecular formula is C9H6F5NO3. The van der Waals surface area contributed by atoms with Gasteiger partial charge in [-0.25, -0.2) is 13.8 Å². The minimum Gasteiger partial charge on any atom is -0.481 e. The highest BCUT2D eigenvalue weighted by Crippen LogP contribution is 2.27. The molecule has 0 aromatic carbocycles. The molecule has 9 heteroatoms. The zero-order chi connectivity index (χ0) is 13.9. The van der Waals surface area contributed by atoms with Crippen LogP contribution < -0.4 is 4.74 Å². The van der Waals surface area contributed by atoms with Gasteiger partial charge in [-0.2, -0.15) is 0 Å². The van der Waals surface area contributed by atoms with E-state index in [2.05, 4.69) is 9.72 Å². The summed E-state index contributed by atoms with van der Waals surface area (Å²) in [7, 11) is 0. The molecule has 0 radical (unpaired) electrons. The molecule has 0 spiro atoms. The minimum absolute atomic E-state index is 0.258. The molecule has 0 aliphatic rings. The van der Waals surface area contributed by atoms with E-state index in [1.165, 1.54) is 0 Å². The van der Waals surface area contributed by atoms with Crippen molar-refractivity contribution in [2.45, 2.75) is 19.5 Å². The molecule has 1 aromatic heterocycles. The molecule has 18 heavy (non-hydrogen) atoms. The fraction of sp³-hybridized carbons (Fsp3) is 0.333. The maximum absolute atomic E-state index is 13.2. The van der Waals surface area contributed by atoms with Gasteiger partial charge in [0.1, 0.15) is 18.2 Å². The van der Waals surface area contributed by atoms with Crippen molar-refractivity contribution in [3.05, 3.63) is 23.3 Å². The van der Waals surface area contributed by atoms with Gasteiger partial charge in [0.25, 0.3) is 0 Å². The number of carboxylic acid groups (broad SMARTS) is 1. The summed E-state index contributed by atoms with van der Waals surface area (Å²) in [6.07, 6.45) is -5.99. The second kappa shape index (κ2) is 5.15. The summed E-state index contributed by atoms with van der Waals surface area (Å²) in [6, 6.07) is 0.258. The van der Waals surface area contributed by atoms with Crippen LogP contribution in [0.2, 0.25) is 0 Å². The van der Waals surface area contributed by atoms with Gasteiger partial charge >= 0.3 is 12.3 Å². The maximum Gasteiger partial charge on any atom is 0.573 e. The smallest absolute Gasteiger partial charge is 0.481 e. The van der Waals surface area contributed by atoms with Crippen molar-refractivity contribution in [2.24, 2.45) is 0 Å². The quantitative estimate of drug-likeness (QED) is 0.853. The molecule has 0 aliphatic heterocycles. The fourth-order valence-corrected chi connectivity index (χ4v) is 1.13. The SMILES string of the molecule is O=C(O)Cc1nc(CF)c(OC(F)(F)F)cc1F. The lowest BCUT2D eigenvalue weighted by Crippen LogP contribution is -2.19. The highest BCUT2D eigenvalue weighted by Gasteiger charge is 2.33. The van der Waals surface area contributed by atoms with Gasteiger partial charge in [0.05, 0.1) is 12.1 Å². The molecule has 0 unspecified atom stereocenters. The molecule has 1 heterocycles. The Kier molecular flexibility index (Phi) is 4.04. The predicted octanol–water partition coefficient (Wildman–Crippen LogP) is 2.22. The van der Waals surface area contributed by atoms with Crippen molar-refractivity contribution in [3.8, 4) is 5.75 Å². The highest BCUT2D eigenvalue weighted by atomic mass is 19.4. The van der Waals surface area contributed by atoms with Crippen LogP contribution in [0.4, 0.5) is 22.0 Å². The number of rotatable bonds is 4. The highest BCUT2D eigenvalue weighted by molar-refractivity contribution is 5.69. The van der Waals surface area contributed by atoms with Crippen LogP contribution in [0.5, 0.6) is 5.75 Å². The molecular weight excluding hydrogens is 265 g/mol. The summed E-state index contributed by atoms with van der Waals surface area (Å²) in [5.74, 6) is -3.89. The molecule has 0 saturated carbocycles. The second-order valence-electron chi connectivity index (χ2n) is 3.11. The fourth-order valence-electron chi connectivity index (χ4n) is 1.13. The molecule has 4 nitrogen and oxygen atoms in total. The first kappa shape index (κ1) is 14.1. The van der Waals surface area contributed by atoms with Crippen LogP contribution in [0, 0.1) is 5.82 Å². The van der Waals surface area contributed by atoms with Crippen molar-refractivity contribution in [1.29, 1.82) is 0 Å². The van der Waals surface area contributed by atoms with Crippen LogP contribution in [0.25, 0.3) is 0 Å². The van der Waals surface area contributed by atoms with Crippen LogP contribution in [-0.4, -0.2) is 22.4 Å². The Balaban J connectivity index is 3.14. The van der Waals surface area contributed by atoms with E-state index in [9.17, 15) is 26.7 Å². The molecule has 0 saturated heterocycles. The van der Waals surface area contributed by atoms with Gasteiger partial charge < -0.3 is 9.84 Å². The number of carbonyl (C=O) groups is 1. The molecule has 1 N–H and O–H groups in total. The number of aromatic nitrogens is 1. The summed E-state index contributed by atoms with van der Waals surface area (Å²) < 4.78 is 64.7. The largest absolute Gasteiger partial charge is 0.573 e. The van der Waals surface area contributed by atoms with Crippen molar-refractivity contribution in [3.63, 3.8) is 0 Å². The molecule has 0 aliphatic carbocycles. The number of carboxylic acids is 1. The first-order chi connectivity index (χ1) is 8.23. The summed E-state index contributed by atoms with van der Waals surface area (Å²) in [5.41, 5.74) is -1.48. The molecule has 1 rings (SSSR count). The topological polar surface area (TPSA) is 59.4 Å². The van der Waals surface area contributed by atoms with Gasteiger partial charge in [0, 0.05) is 6.07 Å². The average Bonchev–Trinajstić information content (AvgIpc) is 2.19. The standard InChI is InChI=1S/C9H6F5NO3/c10-3-6-7(18-9(12,13)14)1-4(11)5(15-6)2-8(16)17/h1H,2-3H2,(H,16,17). The van der Waals surface area contributed by atoms with Crippen molar-refractivity contribution >= 4 is 5.97 Å². The number of hydrogen-bond donors (Lipinski definition) is 1. The number of alkyl halides is 4. The molecule has 1 aromatic rings. The molecule has 0 bridgehead atoms. The maximum atomic E-state index is 13.2. The van der Waals surface area contributed by atoms with Crippen LogP contribution in [0.15, 0.2) is 6.07 Å². The number of halogens is 5. The third-order valence-corrected chi connectivity index (χ3v) is 1.76. The predicted molar refractivity (Wildman–Crippen MR) is 47.0 cm³/mol. The van der Waals surface area contributed by atoms with E-state index in [1.807, 2.05) is 0 Å². The third kappa shape index (κ3) is 3.82. The normalized spacial score (nSPS) is 11.4. The van der Waals surface area contributed by atoms with Gasteiger partial charge in [-0.05, 0) is 0 Å². The number of pyridine rings is 1. The monoisotopic (exact) mass is 271 g/mol. The Morgan fingerprint density at radius 1 is 1.39 bits per heavy atom. The van der Waals surface area contributed by atoms with Crippen molar-refractivity contribution in [2.75, 3.05) is 0 Å². The van der Waals surface area contributed by atoms with Gasteiger partial charge in [-0.1, -0.05) is 0 Å². The van der Waals surface area contributed by atoms with Crippen molar-refractivity contribution < 1.29 is 36.6 Å². The number of ether oxygens (including phenoxy) is 1. The van der Waals surface area contributed by atoms with Crippen LogP contribution >= 0.6 is 0 Å². The van der Waals surface area contributed by atoms with Crippen LogP contribution in [0.3, 0.4) is 0 Å². The van der Waals surface area contributed by atoms with Gasteiger partial charge in [0.15, 0.2) is 5.75 Å².